The minimum atomic E-state index is -0.470. The van der Waals surface area contributed by atoms with Crippen molar-refractivity contribution >= 4 is 22.8 Å². The van der Waals surface area contributed by atoms with Crippen LogP contribution in [0.5, 0.6) is 0 Å². The lowest BCUT2D eigenvalue weighted by atomic mass is 10.2. The van der Waals surface area contributed by atoms with E-state index in [1.165, 1.54) is 10.6 Å². The van der Waals surface area contributed by atoms with E-state index in [0.29, 0.717) is 43.0 Å². The number of aryl methyl sites for hydroxylation is 1. The molecule has 0 saturated carbocycles. The highest BCUT2D eigenvalue weighted by atomic mass is 19.1. The molecule has 1 fully saturated rings. The molecule has 0 bridgehead atoms. The van der Waals surface area contributed by atoms with Gasteiger partial charge in [-0.2, -0.15) is 0 Å². The molecule has 7 nitrogen and oxygen atoms in total. The number of rotatable bonds is 2. The second-order valence-electron chi connectivity index (χ2n) is 6.40. The maximum atomic E-state index is 14.0. The van der Waals surface area contributed by atoms with E-state index in [1.54, 1.807) is 48.5 Å². The highest BCUT2D eigenvalue weighted by Crippen LogP contribution is 2.20. The number of hydrogen-bond donors (Lipinski definition) is 0. The van der Waals surface area contributed by atoms with Crippen molar-refractivity contribution in [1.29, 1.82) is 0 Å². The summed E-state index contributed by atoms with van der Waals surface area (Å²) in [6.07, 6.45) is 1.58. The van der Waals surface area contributed by atoms with Crippen LogP contribution in [0.15, 0.2) is 47.4 Å². The molecule has 3 heterocycles. The number of pyridine rings is 1. The van der Waals surface area contributed by atoms with Crippen molar-refractivity contribution in [2.45, 2.75) is 0 Å². The van der Waals surface area contributed by atoms with Crippen molar-refractivity contribution in [2.75, 3.05) is 31.1 Å². The van der Waals surface area contributed by atoms with Crippen LogP contribution >= 0.6 is 0 Å². The summed E-state index contributed by atoms with van der Waals surface area (Å²) in [5, 5.41) is 0. The number of carbonyl (C=O) groups is 1. The van der Waals surface area contributed by atoms with Crippen molar-refractivity contribution < 1.29 is 9.18 Å². The Balaban J connectivity index is 1.57. The Labute approximate surface area is 154 Å². The van der Waals surface area contributed by atoms with Gasteiger partial charge in [-0.15, -0.1) is 0 Å². The number of anilines is 1. The van der Waals surface area contributed by atoms with Crippen LogP contribution in [0.2, 0.25) is 0 Å². The first-order valence-corrected chi connectivity index (χ1v) is 8.67. The summed E-state index contributed by atoms with van der Waals surface area (Å²) >= 11 is 0. The quantitative estimate of drug-likeness (QED) is 0.685. The van der Waals surface area contributed by atoms with Gasteiger partial charge in [0.1, 0.15) is 11.3 Å². The zero-order valence-electron chi connectivity index (χ0n) is 14.8. The predicted octanol–water partition coefficient (Wildman–Crippen LogP) is 1.43. The molecule has 1 aliphatic heterocycles. The third-order valence-electron chi connectivity index (χ3n) is 4.79. The summed E-state index contributed by atoms with van der Waals surface area (Å²) in [6, 6.07) is 10.0. The fraction of sp³-hybridized carbons (Fsp3) is 0.263. The number of benzene rings is 1. The Morgan fingerprint density at radius 2 is 1.81 bits per heavy atom. The number of hydrogen-bond acceptors (Lipinski definition) is 5. The first-order valence-electron chi connectivity index (χ1n) is 8.67. The van der Waals surface area contributed by atoms with Gasteiger partial charge in [0.25, 0.3) is 11.5 Å². The number of para-hydroxylation sites is 1. The molecular weight excluding hydrogens is 349 g/mol. The average molecular weight is 367 g/mol. The summed E-state index contributed by atoms with van der Waals surface area (Å²) in [5.41, 5.74) is 0.867. The summed E-state index contributed by atoms with van der Waals surface area (Å²) in [7, 11) is 1.58. The lowest BCUT2D eigenvalue weighted by molar-refractivity contribution is 0.0738. The molecule has 1 aliphatic rings. The second-order valence-corrected chi connectivity index (χ2v) is 6.40. The van der Waals surface area contributed by atoms with Crippen LogP contribution in [0.4, 0.5) is 10.1 Å². The number of amides is 1. The maximum Gasteiger partial charge on any atom is 0.283 e. The molecule has 0 atom stereocenters. The van der Waals surface area contributed by atoms with Crippen LogP contribution in [0.3, 0.4) is 0 Å². The highest BCUT2D eigenvalue weighted by molar-refractivity contribution is 5.93. The van der Waals surface area contributed by atoms with Crippen LogP contribution in [0.1, 0.15) is 10.5 Å². The van der Waals surface area contributed by atoms with Crippen molar-refractivity contribution in [3.8, 4) is 0 Å². The van der Waals surface area contributed by atoms with E-state index in [9.17, 15) is 14.0 Å². The lowest BCUT2D eigenvalue weighted by Crippen LogP contribution is -2.50. The van der Waals surface area contributed by atoms with Crippen molar-refractivity contribution in [2.24, 2.45) is 7.05 Å². The predicted molar refractivity (Wildman–Crippen MR) is 99.3 cm³/mol. The summed E-state index contributed by atoms with van der Waals surface area (Å²) in [6.45, 7) is 1.76. The van der Waals surface area contributed by atoms with Gasteiger partial charge in [-0.3, -0.25) is 14.2 Å². The fourth-order valence-corrected chi connectivity index (χ4v) is 3.31. The van der Waals surface area contributed by atoms with E-state index < -0.39 is 11.5 Å². The van der Waals surface area contributed by atoms with E-state index in [0.717, 1.165) is 0 Å². The minimum absolute atomic E-state index is 0.114. The van der Waals surface area contributed by atoms with Gasteiger partial charge in [-0.05, 0) is 24.3 Å². The number of nitrogens with zero attached hydrogens (tertiary/aromatic N) is 5. The number of halogens is 1. The first-order chi connectivity index (χ1) is 13.1. The topological polar surface area (TPSA) is 71.3 Å². The second kappa shape index (κ2) is 6.79. The Kier molecular flexibility index (Phi) is 4.31. The largest absolute Gasteiger partial charge is 0.366 e. The normalized spacial score (nSPS) is 14.6. The molecule has 1 amide bonds. The molecule has 1 saturated heterocycles. The molecule has 0 N–H and O–H groups in total. The fourth-order valence-electron chi connectivity index (χ4n) is 3.31. The highest BCUT2D eigenvalue weighted by Gasteiger charge is 2.27. The van der Waals surface area contributed by atoms with Crippen LogP contribution in [0.25, 0.3) is 11.2 Å². The van der Waals surface area contributed by atoms with E-state index in [-0.39, 0.29) is 11.5 Å². The molecule has 4 rings (SSSR count). The SMILES string of the molecule is Cn1c(=O)c(C(=O)N2CCN(c3ccccc3F)CC2)nc2cccnc21. The maximum absolute atomic E-state index is 14.0. The van der Waals surface area contributed by atoms with Gasteiger partial charge >= 0.3 is 0 Å². The summed E-state index contributed by atoms with van der Waals surface area (Å²) < 4.78 is 15.3. The van der Waals surface area contributed by atoms with Gasteiger partial charge in [0, 0.05) is 39.4 Å². The Bertz CT molecular complexity index is 1070. The van der Waals surface area contributed by atoms with Crippen molar-refractivity contribution in [3.63, 3.8) is 0 Å². The van der Waals surface area contributed by atoms with Gasteiger partial charge in [0.05, 0.1) is 5.69 Å². The molecule has 0 radical (unpaired) electrons. The Hall–Kier alpha value is -3.29. The van der Waals surface area contributed by atoms with Crippen LogP contribution in [-0.2, 0) is 7.05 Å². The molecule has 8 heteroatoms. The van der Waals surface area contributed by atoms with E-state index in [1.807, 2.05) is 4.90 Å². The molecular formula is C19H18FN5O2. The molecule has 138 valence electrons. The zero-order valence-corrected chi connectivity index (χ0v) is 14.8. The molecule has 27 heavy (non-hydrogen) atoms. The van der Waals surface area contributed by atoms with Crippen LogP contribution in [0, 0.1) is 5.82 Å². The van der Waals surface area contributed by atoms with Crippen molar-refractivity contribution in [3.05, 3.63) is 64.5 Å². The molecule has 1 aromatic carbocycles. The monoisotopic (exact) mass is 367 g/mol. The van der Waals surface area contributed by atoms with E-state index in [4.69, 9.17) is 0 Å². The third-order valence-corrected chi connectivity index (χ3v) is 4.79. The lowest BCUT2D eigenvalue weighted by Gasteiger charge is -2.36. The van der Waals surface area contributed by atoms with Crippen LogP contribution in [-0.4, -0.2) is 51.5 Å². The smallest absolute Gasteiger partial charge is 0.283 e. The molecule has 0 spiro atoms. The first kappa shape index (κ1) is 17.1. The Morgan fingerprint density at radius 1 is 1.07 bits per heavy atom. The standard InChI is InChI=1S/C19H18FN5O2/c1-23-17-14(6-4-8-21-17)22-16(18(23)26)19(27)25-11-9-24(10-12-25)15-7-3-2-5-13(15)20/h2-8H,9-12H2,1H3. The van der Waals surface area contributed by atoms with Crippen molar-refractivity contribution in [1.82, 2.24) is 19.4 Å². The Morgan fingerprint density at radius 3 is 2.56 bits per heavy atom. The van der Waals surface area contributed by atoms with Gasteiger partial charge in [0.15, 0.2) is 11.3 Å². The number of fused-ring (bicyclic) bond motifs is 1. The summed E-state index contributed by atoms with van der Waals surface area (Å²) in [5.74, 6) is -0.690. The molecule has 2 aromatic heterocycles. The zero-order chi connectivity index (χ0) is 19.0. The van der Waals surface area contributed by atoms with Gasteiger partial charge in [-0.1, -0.05) is 12.1 Å². The van der Waals surface area contributed by atoms with Crippen LogP contribution < -0.4 is 10.5 Å². The van der Waals surface area contributed by atoms with Gasteiger partial charge in [0.2, 0.25) is 0 Å². The number of aromatic nitrogens is 3. The van der Waals surface area contributed by atoms with Gasteiger partial charge in [-0.25, -0.2) is 14.4 Å². The molecule has 3 aromatic rings. The molecule has 0 aliphatic carbocycles. The van der Waals surface area contributed by atoms with E-state index >= 15 is 0 Å². The molecule has 0 unspecified atom stereocenters. The number of piperazine rings is 1. The minimum Gasteiger partial charge on any atom is -0.366 e. The number of carbonyl (C=O) groups excluding carboxylic acids is 1. The summed E-state index contributed by atoms with van der Waals surface area (Å²) in [4.78, 5) is 37.3. The third kappa shape index (κ3) is 3.03. The average Bonchev–Trinajstić information content (AvgIpc) is 2.71. The van der Waals surface area contributed by atoms with Gasteiger partial charge < -0.3 is 9.80 Å². The van der Waals surface area contributed by atoms with E-state index in [2.05, 4.69) is 9.97 Å².